The molecule has 2 saturated heterocycles. The van der Waals surface area contributed by atoms with Crippen LogP contribution in [-0.2, 0) is 11.2 Å². The van der Waals surface area contributed by atoms with Crippen LogP contribution >= 0.6 is 0 Å². The van der Waals surface area contributed by atoms with Crippen LogP contribution in [0.25, 0.3) is 5.82 Å². The molecule has 2 fully saturated rings. The fourth-order valence-corrected chi connectivity index (χ4v) is 4.61. The predicted molar refractivity (Wildman–Crippen MR) is 105 cm³/mol. The van der Waals surface area contributed by atoms with E-state index in [-0.39, 0.29) is 23.4 Å². The second kappa shape index (κ2) is 7.37. The molecule has 148 valence electrons. The molecule has 4 rings (SSSR count). The highest BCUT2D eigenvalue weighted by molar-refractivity contribution is 5.94. The van der Waals surface area contributed by atoms with E-state index in [9.17, 15) is 9.59 Å². The number of nitrogens with one attached hydrogen (secondary N) is 1. The summed E-state index contributed by atoms with van der Waals surface area (Å²) in [6.07, 6.45) is 10.1. The van der Waals surface area contributed by atoms with Crippen molar-refractivity contribution in [1.82, 2.24) is 24.8 Å². The van der Waals surface area contributed by atoms with Crippen molar-refractivity contribution < 1.29 is 9.59 Å². The number of amides is 2. The fourth-order valence-electron chi connectivity index (χ4n) is 4.61. The first kappa shape index (κ1) is 18.7. The van der Waals surface area contributed by atoms with E-state index in [0.717, 1.165) is 50.3 Å². The number of rotatable bonds is 3. The van der Waals surface area contributed by atoms with Crippen molar-refractivity contribution in [1.29, 1.82) is 0 Å². The zero-order chi connectivity index (χ0) is 19.7. The monoisotopic (exact) mass is 381 g/mol. The van der Waals surface area contributed by atoms with Crippen LogP contribution in [0, 0.1) is 0 Å². The number of hydrogen-bond acceptors (Lipinski definition) is 4. The lowest BCUT2D eigenvalue weighted by atomic mass is 9.81. The van der Waals surface area contributed by atoms with Crippen LogP contribution in [-0.4, -0.2) is 49.4 Å². The van der Waals surface area contributed by atoms with Crippen molar-refractivity contribution in [3.8, 4) is 5.82 Å². The highest BCUT2D eigenvalue weighted by Gasteiger charge is 2.45. The number of pyridine rings is 1. The van der Waals surface area contributed by atoms with E-state index in [4.69, 9.17) is 0 Å². The molecule has 2 atom stereocenters. The van der Waals surface area contributed by atoms with Crippen molar-refractivity contribution in [2.75, 3.05) is 6.54 Å². The van der Waals surface area contributed by atoms with Crippen LogP contribution in [0.4, 0.5) is 0 Å². The van der Waals surface area contributed by atoms with Gasteiger partial charge in [0, 0.05) is 38.0 Å². The molecule has 7 nitrogen and oxygen atoms in total. The summed E-state index contributed by atoms with van der Waals surface area (Å²) in [5.74, 6) is 1.79. The summed E-state index contributed by atoms with van der Waals surface area (Å²) >= 11 is 0. The van der Waals surface area contributed by atoms with Crippen LogP contribution < -0.4 is 5.32 Å². The number of carbonyl (C=O) groups excluding carboxylic acids is 2. The molecule has 0 aliphatic carbocycles. The summed E-state index contributed by atoms with van der Waals surface area (Å²) in [5, 5.41) is 3.18. The first-order valence-corrected chi connectivity index (χ1v) is 10.1. The van der Waals surface area contributed by atoms with Gasteiger partial charge in [0.05, 0.1) is 17.1 Å². The molecule has 2 amide bonds. The van der Waals surface area contributed by atoms with Gasteiger partial charge in [0.1, 0.15) is 11.6 Å². The maximum atomic E-state index is 13.3. The third kappa shape index (κ3) is 3.30. The van der Waals surface area contributed by atoms with Crippen molar-refractivity contribution in [3.05, 3.63) is 42.1 Å². The second-order valence-corrected chi connectivity index (χ2v) is 7.95. The van der Waals surface area contributed by atoms with Gasteiger partial charge in [-0.3, -0.25) is 14.2 Å². The van der Waals surface area contributed by atoms with Gasteiger partial charge in [-0.05, 0) is 44.7 Å². The van der Waals surface area contributed by atoms with E-state index in [1.807, 2.05) is 27.8 Å². The van der Waals surface area contributed by atoms with Crippen LogP contribution in [0.1, 0.15) is 62.1 Å². The van der Waals surface area contributed by atoms with Crippen molar-refractivity contribution in [2.45, 2.75) is 64.0 Å². The molecule has 4 heterocycles. The van der Waals surface area contributed by atoms with Gasteiger partial charge in [0.25, 0.3) is 5.91 Å². The van der Waals surface area contributed by atoms with E-state index < -0.39 is 0 Å². The fraction of sp³-hybridized carbons (Fsp3) is 0.524. The Morgan fingerprint density at radius 1 is 1.32 bits per heavy atom. The minimum atomic E-state index is -0.346. The smallest absolute Gasteiger partial charge is 0.255 e. The van der Waals surface area contributed by atoms with E-state index in [0.29, 0.717) is 12.0 Å². The number of aryl methyl sites for hydroxylation is 1. The topological polar surface area (TPSA) is 80.1 Å². The number of aromatic nitrogens is 3. The molecular weight excluding hydrogens is 354 g/mol. The minimum absolute atomic E-state index is 0.00697. The largest absolute Gasteiger partial charge is 0.349 e. The molecule has 7 heteroatoms. The van der Waals surface area contributed by atoms with Gasteiger partial charge >= 0.3 is 0 Å². The summed E-state index contributed by atoms with van der Waals surface area (Å²) in [6.45, 7) is 4.85. The van der Waals surface area contributed by atoms with Crippen LogP contribution in [0.15, 0.2) is 30.7 Å². The second-order valence-electron chi connectivity index (χ2n) is 7.95. The molecule has 0 unspecified atom stereocenters. The summed E-state index contributed by atoms with van der Waals surface area (Å²) in [6, 6.07) is 3.73. The summed E-state index contributed by atoms with van der Waals surface area (Å²) < 4.78 is 1.94. The van der Waals surface area contributed by atoms with Crippen LogP contribution in [0.3, 0.4) is 0 Å². The molecule has 2 aromatic heterocycles. The standard InChI is InChI=1S/C21H27N5O2/c1-3-17-22-11-13-26(17)18-9-8-15(14-23-18)20(28)25-12-5-10-21(2)16(25)6-4-7-19(27)24-21/h8-9,11,13-14,16H,3-7,10,12H2,1-2H3,(H,24,27)/t16-,21-/m0/s1. The number of likely N-dealkylation sites (tertiary alicyclic amines) is 1. The zero-order valence-electron chi connectivity index (χ0n) is 16.5. The molecule has 0 saturated carbocycles. The molecule has 1 N–H and O–H groups in total. The molecule has 2 aliphatic rings. The SMILES string of the molecule is CCc1nccn1-c1ccc(C(=O)N2CCC[C@]3(C)NC(=O)CCC[C@H]23)cn1. The molecule has 0 aromatic carbocycles. The number of nitrogens with zero attached hydrogens (tertiary/aromatic N) is 4. The first-order chi connectivity index (χ1) is 13.5. The number of hydrogen-bond donors (Lipinski definition) is 1. The Kier molecular flexibility index (Phi) is 4.91. The maximum absolute atomic E-state index is 13.3. The molecular formula is C21H27N5O2. The van der Waals surface area contributed by atoms with Gasteiger partial charge in [0.2, 0.25) is 5.91 Å². The lowest BCUT2D eigenvalue weighted by Crippen LogP contribution is -2.63. The molecule has 0 spiro atoms. The molecule has 0 bridgehead atoms. The Balaban J connectivity index is 1.57. The van der Waals surface area contributed by atoms with Gasteiger partial charge in [-0.15, -0.1) is 0 Å². The summed E-state index contributed by atoms with van der Waals surface area (Å²) in [4.78, 5) is 36.1. The van der Waals surface area contributed by atoms with E-state index in [1.165, 1.54) is 0 Å². The lowest BCUT2D eigenvalue weighted by molar-refractivity contribution is -0.123. The van der Waals surface area contributed by atoms with Gasteiger partial charge in [0.15, 0.2) is 0 Å². The van der Waals surface area contributed by atoms with Crippen LogP contribution in [0.5, 0.6) is 0 Å². The minimum Gasteiger partial charge on any atom is -0.349 e. The van der Waals surface area contributed by atoms with E-state index >= 15 is 0 Å². The molecule has 28 heavy (non-hydrogen) atoms. The Morgan fingerprint density at radius 3 is 2.93 bits per heavy atom. The maximum Gasteiger partial charge on any atom is 0.255 e. The quantitative estimate of drug-likeness (QED) is 0.886. The average Bonchev–Trinajstić information content (AvgIpc) is 3.11. The van der Waals surface area contributed by atoms with Crippen molar-refractivity contribution in [2.24, 2.45) is 0 Å². The van der Waals surface area contributed by atoms with Gasteiger partial charge in [-0.1, -0.05) is 6.92 Å². The molecule has 2 aliphatic heterocycles. The van der Waals surface area contributed by atoms with Gasteiger partial charge in [-0.2, -0.15) is 0 Å². The predicted octanol–water partition coefficient (Wildman–Crippen LogP) is 2.49. The number of fused-ring (bicyclic) bond motifs is 1. The van der Waals surface area contributed by atoms with Crippen molar-refractivity contribution in [3.63, 3.8) is 0 Å². The van der Waals surface area contributed by atoms with Crippen molar-refractivity contribution >= 4 is 11.8 Å². The number of carbonyl (C=O) groups is 2. The molecule has 2 aromatic rings. The van der Waals surface area contributed by atoms with E-state index in [2.05, 4.69) is 29.1 Å². The molecule has 0 radical (unpaired) electrons. The Bertz CT molecular complexity index is 875. The van der Waals surface area contributed by atoms with E-state index in [1.54, 1.807) is 12.4 Å². The summed E-state index contributed by atoms with van der Waals surface area (Å²) in [5.41, 5.74) is 0.239. The highest BCUT2D eigenvalue weighted by atomic mass is 16.2. The third-order valence-corrected chi connectivity index (χ3v) is 6.05. The van der Waals surface area contributed by atoms with Gasteiger partial charge < -0.3 is 10.2 Å². The third-order valence-electron chi connectivity index (χ3n) is 6.05. The summed E-state index contributed by atoms with van der Waals surface area (Å²) in [7, 11) is 0. The number of piperidine rings is 1. The Labute approximate surface area is 165 Å². The Hall–Kier alpha value is -2.70. The average molecular weight is 381 g/mol. The van der Waals surface area contributed by atoms with Crippen LogP contribution in [0.2, 0.25) is 0 Å². The number of imidazole rings is 1. The Morgan fingerprint density at radius 2 is 2.18 bits per heavy atom. The normalized spacial score (nSPS) is 25.0. The lowest BCUT2D eigenvalue weighted by Gasteiger charge is -2.47. The highest BCUT2D eigenvalue weighted by Crippen LogP contribution is 2.34. The van der Waals surface area contributed by atoms with Gasteiger partial charge in [-0.25, -0.2) is 9.97 Å². The first-order valence-electron chi connectivity index (χ1n) is 10.1. The zero-order valence-corrected chi connectivity index (χ0v) is 16.5.